The third-order valence-corrected chi connectivity index (χ3v) is 2.47. The van der Waals surface area contributed by atoms with Crippen LogP contribution in [0.2, 0.25) is 0 Å². The monoisotopic (exact) mass is 203 g/mol. The van der Waals surface area contributed by atoms with Crippen LogP contribution in [0.15, 0.2) is 0 Å². The van der Waals surface area contributed by atoms with Crippen LogP contribution >= 0.6 is 0 Å². The number of rotatable bonds is 9. The van der Waals surface area contributed by atoms with Gasteiger partial charge in [0.2, 0.25) is 0 Å². The van der Waals surface area contributed by atoms with Crippen LogP contribution in [0.5, 0.6) is 0 Å². The van der Waals surface area contributed by atoms with Gasteiger partial charge in [0, 0.05) is 19.8 Å². The van der Waals surface area contributed by atoms with Crippen LogP contribution in [0.3, 0.4) is 0 Å². The van der Waals surface area contributed by atoms with E-state index in [9.17, 15) is 0 Å². The first-order valence-corrected chi connectivity index (χ1v) is 5.53. The van der Waals surface area contributed by atoms with Crippen molar-refractivity contribution in [2.75, 3.05) is 26.9 Å². The second-order valence-electron chi connectivity index (χ2n) is 3.90. The first-order valence-electron chi connectivity index (χ1n) is 5.53. The van der Waals surface area contributed by atoms with Crippen LogP contribution in [0.1, 0.15) is 33.1 Å². The van der Waals surface area contributed by atoms with Crippen molar-refractivity contribution >= 4 is 0 Å². The van der Waals surface area contributed by atoms with Crippen LogP contribution < -0.4 is 5.73 Å². The minimum atomic E-state index is 0.285. The molecule has 0 fully saturated rings. The van der Waals surface area contributed by atoms with E-state index in [1.807, 2.05) is 0 Å². The molecule has 2 atom stereocenters. The molecule has 0 spiro atoms. The quantitative estimate of drug-likeness (QED) is 0.581. The van der Waals surface area contributed by atoms with E-state index < -0.39 is 0 Å². The van der Waals surface area contributed by atoms with E-state index >= 15 is 0 Å². The molecule has 2 unspecified atom stereocenters. The fourth-order valence-electron chi connectivity index (χ4n) is 1.28. The summed E-state index contributed by atoms with van der Waals surface area (Å²) in [5, 5.41) is 0. The normalized spacial score (nSPS) is 15.4. The van der Waals surface area contributed by atoms with Crippen LogP contribution in [0.25, 0.3) is 0 Å². The number of ether oxygens (including phenoxy) is 2. The Hall–Kier alpha value is -0.120. The maximum absolute atomic E-state index is 5.95. The molecule has 0 rings (SSSR count). The summed E-state index contributed by atoms with van der Waals surface area (Å²) in [4.78, 5) is 0. The second kappa shape index (κ2) is 9.44. The molecule has 0 aromatic carbocycles. The van der Waals surface area contributed by atoms with Gasteiger partial charge in [-0.25, -0.2) is 0 Å². The Morgan fingerprint density at radius 1 is 1.21 bits per heavy atom. The van der Waals surface area contributed by atoms with Gasteiger partial charge in [0.1, 0.15) is 0 Å². The lowest BCUT2D eigenvalue weighted by molar-refractivity contribution is 0.0664. The highest BCUT2D eigenvalue weighted by atomic mass is 16.5. The van der Waals surface area contributed by atoms with E-state index in [4.69, 9.17) is 15.2 Å². The third-order valence-electron chi connectivity index (χ3n) is 2.47. The molecular weight excluding hydrogens is 178 g/mol. The maximum Gasteiger partial charge on any atom is 0.0700 e. The lowest BCUT2D eigenvalue weighted by Crippen LogP contribution is -2.24. The Bertz CT molecular complexity index is 120. The van der Waals surface area contributed by atoms with Crippen molar-refractivity contribution in [1.82, 2.24) is 0 Å². The summed E-state index contributed by atoms with van der Waals surface area (Å²) in [7, 11) is 1.68. The van der Waals surface area contributed by atoms with Crippen LogP contribution in [-0.4, -0.2) is 33.0 Å². The Morgan fingerprint density at radius 3 is 2.50 bits per heavy atom. The van der Waals surface area contributed by atoms with E-state index in [0.29, 0.717) is 13.2 Å². The highest BCUT2D eigenvalue weighted by Gasteiger charge is 2.06. The van der Waals surface area contributed by atoms with E-state index in [0.717, 1.165) is 25.4 Å². The molecule has 86 valence electrons. The first-order chi connectivity index (χ1) is 6.70. The molecule has 0 aliphatic carbocycles. The zero-order valence-corrected chi connectivity index (χ0v) is 9.79. The molecule has 0 aromatic heterocycles. The molecule has 14 heavy (non-hydrogen) atoms. The van der Waals surface area contributed by atoms with E-state index in [1.54, 1.807) is 7.11 Å². The predicted molar refractivity (Wildman–Crippen MR) is 59.4 cm³/mol. The van der Waals surface area contributed by atoms with Crippen LogP contribution in [0.4, 0.5) is 0 Å². The molecule has 0 saturated carbocycles. The zero-order valence-electron chi connectivity index (χ0n) is 9.79. The molecule has 0 heterocycles. The SMILES string of the molecule is CCC(C)CC(N)CCOCCOC. The summed E-state index contributed by atoms with van der Waals surface area (Å²) in [5.41, 5.74) is 5.95. The Labute approximate surface area is 88.0 Å². The highest BCUT2D eigenvalue weighted by Crippen LogP contribution is 2.10. The number of hydrogen-bond acceptors (Lipinski definition) is 3. The van der Waals surface area contributed by atoms with Crippen molar-refractivity contribution in [3.8, 4) is 0 Å². The van der Waals surface area contributed by atoms with Crippen molar-refractivity contribution in [3.63, 3.8) is 0 Å². The fraction of sp³-hybridized carbons (Fsp3) is 1.00. The van der Waals surface area contributed by atoms with Gasteiger partial charge in [0.15, 0.2) is 0 Å². The highest BCUT2D eigenvalue weighted by molar-refractivity contribution is 4.64. The summed E-state index contributed by atoms with van der Waals surface area (Å²) in [6.45, 7) is 6.53. The maximum atomic E-state index is 5.95. The van der Waals surface area contributed by atoms with E-state index in [2.05, 4.69) is 13.8 Å². The first kappa shape index (κ1) is 13.9. The van der Waals surface area contributed by atoms with E-state index in [-0.39, 0.29) is 6.04 Å². The fourth-order valence-corrected chi connectivity index (χ4v) is 1.28. The minimum absolute atomic E-state index is 0.285. The molecule has 2 N–H and O–H groups in total. The van der Waals surface area contributed by atoms with E-state index in [1.165, 1.54) is 6.42 Å². The summed E-state index contributed by atoms with van der Waals surface area (Å²) in [5.74, 6) is 0.726. The van der Waals surface area contributed by atoms with Gasteiger partial charge >= 0.3 is 0 Å². The number of methoxy groups -OCH3 is 1. The standard InChI is InChI=1S/C11H25NO2/c1-4-10(2)9-11(12)5-6-14-8-7-13-3/h10-11H,4-9,12H2,1-3H3. The van der Waals surface area contributed by atoms with Gasteiger partial charge in [-0.2, -0.15) is 0 Å². The average molecular weight is 203 g/mol. The van der Waals surface area contributed by atoms with Crippen molar-refractivity contribution in [1.29, 1.82) is 0 Å². The second-order valence-corrected chi connectivity index (χ2v) is 3.90. The molecular formula is C11H25NO2. The van der Waals surface area contributed by atoms with Gasteiger partial charge in [0.25, 0.3) is 0 Å². The summed E-state index contributed by atoms with van der Waals surface area (Å²) >= 11 is 0. The van der Waals surface area contributed by atoms with Crippen molar-refractivity contribution in [2.45, 2.75) is 39.2 Å². The third kappa shape index (κ3) is 8.48. The van der Waals surface area contributed by atoms with Gasteiger partial charge in [-0.15, -0.1) is 0 Å². The molecule has 0 aliphatic heterocycles. The Kier molecular flexibility index (Phi) is 9.35. The number of nitrogens with two attached hydrogens (primary N) is 1. The Morgan fingerprint density at radius 2 is 1.93 bits per heavy atom. The smallest absolute Gasteiger partial charge is 0.0700 e. The van der Waals surface area contributed by atoms with Crippen molar-refractivity contribution < 1.29 is 9.47 Å². The zero-order chi connectivity index (χ0) is 10.8. The summed E-state index contributed by atoms with van der Waals surface area (Å²) in [6, 6.07) is 0.285. The largest absolute Gasteiger partial charge is 0.382 e. The molecule has 3 heteroatoms. The molecule has 0 amide bonds. The lowest BCUT2D eigenvalue weighted by atomic mass is 9.98. The Balaban J connectivity index is 3.22. The van der Waals surface area contributed by atoms with Crippen LogP contribution in [0, 0.1) is 5.92 Å². The van der Waals surface area contributed by atoms with Gasteiger partial charge in [-0.05, 0) is 18.8 Å². The number of hydrogen-bond donors (Lipinski definition) is 1. The van der Waals surface area contributed by atoms with Gasteiger partial charge in [0.05, 0.1) is 13.2 Å². The van der Waals surface area contributed by atoms with Crippen LogP contribution in [-0.2, 0) is 9.47 Å². The van der Waals surface area contributed by atoms with Gasteiger partial charge in [-0.1, -0.05) is 20.3 Å². The predicted octanol–water partition coefficient (Wildman–Crippen LogP) is 1.80. The topological polar surface area (TPSA) is 44.5 Å². The average Bonchev–Trinajstić information content (AvgIpc) is 2.17. The summed E-state index contributed by atoms with van der Waals surface area (Å²) in [6.07, 6.45) is 3.26. The summed E-state index contributed by atoms with van der Waals surface area (Å²) < 4.78 is 10.2. The van der Waals surface area contributed by atoms with Gasteiger partial charge < -0.3 is 15.2 Å². The van der Waals surface area contributed by atoms with Crippen molar-refractivity contribution in [2.24, 2.45) is 11.7 Å². The molecule has 0 radical (unpaired) electrons. The van der Waals surface area contributed by atoms with Gasteiger partial charge in [-0.3, -0.25) is 0 Å². The lowest BCUT2D eigenvalue weighted by Gasteiger charge is -2.15. The minimum Gasteiger partial charge on any atom is -0.382 e. The molecule has 0 saturated heterocycles. The molecule has 0 aromatic rings. The molecule has 3 nitrogen and oxygen atoms in total. The molecule has 0 aliphatic rings. The van der Waals surface area contributed by atoms with Crippen molar-refractivity contribution in [3.05, 3.63) is 0 Å². The molecule has 0 bridgehead atoms.